The second-order valence-electron chi connectivity index (χ2n) is 11.0. The summed E-state index contributed by atoms with van der Waals surface area (Å²) in [6.07, 6.45) is 7.64. The van der Waals surface area contributed by atoms with Crippen LogP contribution >= 0.6 is 0 Å². The van der Waals surface area contributed by atoms with E-state index in [0.29, 0.717) is 12.4 Å². The van der Waals surface area contributed by atoms with E-state index >= 15 is 0 Å². The summed E-state index contributed by atoms with van der Waals surface area (Å²) in [4.78, 5) is 16.2. The number of hydrogen-bond acceptors (Lipinski definition) is 6. The summed E-state index contributed by atoms with van der Waals surface area (Å²) in [5.74, 6) is 8.17. The van der Waals surface area contributed by atoms with Gasteiger partial charge in [0.05, 0.1) is 6.61 Å². The number of nitrogens with one attached hydrogen (secondary N) is 1. The maximum atomic E-state index is 11.7. The lowest BCUT2D eigenvalue weighted by Crippen LogP contribution is -2.42. The first-order valence-electron chi connectivity index (χ1n) is 14.4. The van der Waals surface area contributed by atoms with E-state index in [2.05, 4.69) is 22.1 Å². The van der Waals surface area contributed by atoms with Gasteiger partial charge in [-0.3, -0.25) is 4.79 Å². The zero-order chi connectivity index (χ0) is 28.8. The number of aliphatic hydroxyl groups excluding tert-OH is 1. The zero-order valence-electron chi connectivity index (χ0n) is 24.0. The predicted molar refractivity (Wildman–Crippen MR) is 156 cm³/mol. The summed E-state index contributed by atoms with van der Waals surface area (Å²) in [6, 6.07) is 16.1. The van der Waals surface area contributed by atoms with Crippen molar-refractivity contribution in [2.45, 2.75) is 70.0 Å². The van der Waals surface area contributed by atoms with E-state index < -0.39 is 5.54 Å². The number of aromatic nitrogens is 2. The monoisotopic (exact) mass is 557 g/mol. The number of carbonyl (C=O) groups excluding carboxylic acids is 1. The summed E-state index contributed by atoms with van der Waals surface area (Å²) < 4.78 is 19.8. The van der Waals surface area contributed by atoms with Gasteiger partial charge in [-0.05, 0) is 81.3 Å². The Labute approximate surface area is 242 Å². The Bertz CT molecular complexity index is 1360. The van der Waals surface area contributed by atoms with Crippen LogP contribution < -0.4 is 10.1 Å². The number of rotatable bonds is 9. The summed E-state index contributed by atoms with van der Waals surface area (Å²) in [5.41, 5.74) is 2.13. The molecule has 2 aliphatic rings. The summed E-state index contributed by atoms with van der Waals surface area (Å²) in [5, 5.41) is 13.1. The average molecular weight is 558 g/mol. The maximum absolute atomic E-state index is 11.7. The van der Waals surface area contributed by atoms with E-state index in [1.54, 1.807) is 13.2 Å². The van der Waals surface area contributed by atoms with Crippen molar-refractivity contribution in [3.8, 4) is 28.7 Å². The van der Waals surface area contributed by atoms with Gasteiger partial charge in [0.1, 0.15) is 29.3 Å². The fourth-order valence-corrected chi connectivity index (χ4v) is 5.27. The quantitative estimate of drug-likeness (QED) is 0.367. The molecule has 1 saturated heterocycles. The van der Waals surface area contributed by atoms with Gasteiger partial charge in [0, 0.05) is 37.5 Å². The molecular formula is C33H39N3O5. The highest BCUT2D eigenvalue weighted by Gasteiger charge is 2.35. The largest absolute Gasteiger partial charge is 0.490 e. The van der Waals surface area contributed by atoms with Gasteiger partial charge in [0.15, 0.2) is 6.29 Å². The van der Waals surface area contributed by atoms with Crippen LogP contribution in [0.25, 0.3) is 11.1 Å². The van der Waals surface area contributed by atoms with Crippen molar-refractivity contribution in [3.63, 3.8) is 0 Å². The predicted octanol–water partition coefficient (Wildman–Crippen LogP) is 4.82. The smallest absolute Gasteiger partial charge is 0.223 e. The minimum atomic E-state index is -0.869. The van der Waals surface area contributed by atoms with Crippen LogP contribution in [0.2, 0.25) is 0 Å². The SMILES string of the molecule is CNC(=O)C1CC(Oc2ccc(-c3ccc(C#C[C@](C)(CO)n4ccnc4C(C)OC4CCCCO4)cc3)cc2)C1. The standard InChI is InChI=1S/C33H39N3O5/c1-23(40-30-6-4-5-19-39-30)31-35-17-18-36(31)33(2,22-37)16-15-24-7-9-25(10-8-24)26-11-13-28(14-12-26)41-29-20-27(21-29)32(38)34-3/h7-14,17-18,23,27,29-30,37H,4-6,19-22H2,1-3H3,(H,34,38)/t23?,27?,29?,30?,33-/m1/s1. The Kier molecular flexibility index (Phi) is 9.09. The Morgan fingerprint density at radius 3 is 2.51 bits per heavy atom. The molecule has 5 rings (SSSR count). The molecule has 41 heavy (non-hydrogen) atoms. The number of imidazole rings is 1. The molecule has 2 fully saturated rings. The summed E-state index contributed by atoms with van der Waals surface area (Å²) in [7, 11) is 1.67. The van der Waals surface area contributed by atoms with Gasteiger partial charge in [-0.1, -0.05) is 36.1 Å². The molecule has 1 aliphatic heterocycles. The molecule has 1 saturated carbocycles. The highest BCUT2D eigenvalue weighted by Crippen LogP contribution is 2.32. The van der Waals surface area contributed by atoms with Crippen molar-refractivity contribution >= 4 is 5.91 Å². The third-order valence-corrected chi connectivity index (χ3v) is 7.93. The molecule has 1 aromatic heterocycles. The van der Waals surface area contributed by atoms with Crippen molar-refractivity contribution in [1.29, 1.82) is 0 Å². The number of nitrogens with zero attached hydrogens (tertiary/aromatic N) is 2. The summed E-state index contributed by atoms with van der Waals surface area (Å²) >= 11 is 0. The molecule has 8 nitrogen and oxygen atoms in total. The van der Waals surface area contributed by atoms with Gasteiger partial charge < -0.3 is 29.2 Å². The van der Waals surface area contributed by atoms with Crippen LogP contribution in [0.4, 0.5) is 0 Å². The Morgan fingerprint density at radius 2 is 1.88 bits per heavy atom. The third kappa shape index (κ3) is 6.82. The molecule has 2 unspecified atom stereocenters. The molecule has 2 N–H and O–H groups in total. The number of carbonyl (C=O) groups is 1. The van der Waals surface area contributed by atoms with Gasteiger partial charge in [-0.2, -0.15) is 0 Å². The van der Waals surface area contributed by atoms with Crippen LogP contribution in [0.15, 0.2) is 60.9 Å². The molecule has 3 aromatic rings. The van der Waals surface area contributed by atoms with Crippen LogP contribution in [0.3, 0.4) is 0 Å². The van der Waals surface area contributed by atoms with Gasteiger partial charge in [-0.15, -0.1) is 0 Å². The van der Waals surface area contributed by atoms with Crippen molar-refractivity contribution in [3.05, 3.63) is 72.3 Å². The lowest BCUT2D eigenvalue weighted by molar-refractivity contribution is -0.188. The van der Waals surface area contributed by atoms with E-state index in [0.717, 1.165) is 54.5 Å². The van der Waals surface area contributed by atoms with Crippen molar-refractivity contribution in [1.82, 2.24) is 14.9 Å². The molecule has 1 aliphatic carbocycles. The normalized spacial score (nSPS) is 22.4. The van der Waals surface area contributed by atoms with Gasteiger partial charge in [0.25, 0.3) is 0 Å². The number of benzene rings is 2. The van der Waals surface area contributed by atoms with Crippen molar-refractivity contribution < 1.29 is 24.1 Å². The van der Waals surface area contributed by atoms with E-state index in [4.69, 9.17) is 14.2 Å². The second kappa shape index (κ2) is 12.9. The first-order valence-corrected chi connectivity index (χ1v) is 14.4. The first-order chi connectivity index (χ1) is 19.9. The molecule has 1 amide bonds. The molecule has 216 valence electrons. The van der Waals surface area contributed by atoms with Gasteiger partial charge >= 0.3 is 0 Å². The molecule has 3 atom stereocenters. The number of aliphatic hydroxyl groups is 1. The van der Waals surface area contributed by atoms with Crippen LogP contribution in [-0.4, -0.2) is 53.2 Å². The molecule has 8 heteroatoms. The van der Waals surface area contributed by atoms with Crippen molar-refractivity contribution in [2.75, 3.05) is 20.3 Å². The van der Waals surface area contributed by atoms with Crippen LogP contribution in [0, 0.1) is 17.8 Å². The molecule has 0 bridgehead atoms. The fraction of sp³-hybridized carbons (Fsp3) is 0.455. The van der Waals surface area contributed by atoms with Gasteiger partial charge in [0.2, 0.25) is 5.91 Å². The number of ether oxygens (including phenoxy) is 3. The average Bonchev–Trinajstić information content (AvgIpc) is 3.50. The van der Waals surface area contributed by atoms with Crippen molar-refractivity contribution in [2.24, 2.45) is 5.92 Å². The van der Waals surface area contributed by atoms with Crippen LogP contribution in [0.5, 0.6) is 5.75 Å². The third-order valence-electron chi connectivity index (χ3n) is 7.93. The highest BCUT2D eigenvalue weighted by molar-refractivity contribution is 5.79. The van der Waals surface area contributed by atoms with Crippen LogP contribution in [0.1, 0.15) is 63.4 Å². The van der Waals surface area contributed by atoms with Gasteiger partial charge in [-0.25, -0.2) is 4.98 Å². The Balaban J connectivity index is 1.22. The molecule has 0 spiro atoms. The molecule has 2 aromatic carbocycles. The number of amides is 1. The highest BCUT2D eigenvalue weighted by atomic mass is 16.7. The maximum Gasteiger partial charge on any atom is 0.223 e. The van der Waals surface area contributed by atoms with Crippen LogP contribution in [-0.2, 0) is 19.8 Å². The Morgan fingerprint density at radius 1 is 1.17 bits per heavy atom. The lowest BCUT2D eigenvalue weighted by Gasteiger charge is -2.34. The zero-order valence-corrected chi connectivity index (χ0v) is 24.0. The summed E-state index contributed by atoms with van der Waals surface area (Å²) in [6.45, 7) is 4.40. The first kappa shape index (κ1) is 28.9. The van der Waals surface area contributed by atoms with E-state index in [9.17, 15) is 9.90 Å². The minimum Gasteiger partial charge on any atom is -0.490 e. The van der Waals surface area contributed by atoms with E-state index in [1.165, 1.54) is 0 Å². The molecule has 2 heterocycles. The lowest BCUT2D eigenvalue weighted by atomic mass is 9.81. The Hall–Kier alpha value is -3.64. The topological polar surface area (TPSA) is 94.8 Å². The minimum absolute atomic E-state index is 0.0575. The second-order valence-corrected chi connectivity index (χ2v) is 11.0. The molecular weight excluding hydrogens is 518 g/mol. The number of hydrogen-bond donors (Lipinski definition) is 2. The molecule has 0 radical (unpaired) electrons. The van der Waals surface area contributed by atoms with E-state index in [-0.39, 0.29) is 36.9 Å². The van der Waals surface area contributed by atoms with E-state index in [1.807, 2.05) is 73.1 Å². The fourth-order valence-electron chi connectivity index (χ4n) is 5.27.